The van der Waals surface area contributed by atoms with Crippen LogP contribution in [0.3, 0.4) is 0 Å². The molecule has 4 rings (SSSR count). The highest BCUT2D eigenvalue weighted by Crippen LogP contribution is 2.29. The van der Waals surface area contributed by atoms with E-state index in [1.54, 1.807) is 24.3 Å². The number of aromatic nitrogens is 2. The molecule has 0 bridgehead atoms. The minimum Gasteiger partial charge on any atom is -0.507 e. The van der Waals surface area contributed by atoms with Gasteiger partial charge in [0, 0.05) is 24.6 Å². The number of nitrogens with one attached hydrogen (secondary N) is 1. The van der Waals surface area contributed by atoms with E-state index in [-0.39, 0.29) is 11.7 Å². The minimum absolute atomic E-state index is 0.0418. The number of aromatic amines is 1. The van der Waals surface area contributed by atoms with Crippen molar-refractivity contribution in [3.05, 3.63) is 71.9 Å². The first-order valence-corrected chi connectivity index (χ1v) is 8.90. The molecular weight excluding hydrogens is 326 g/mol. The summed E-state index contributed by atoms with van der Waals surface area (Å²) >= 11 is 0. The van der Waals surface area contributed by atoms with Crippen molar-refractivity contribution in [3.8, 4) is 17.0 Å². The van der Waals surface area contributed by atoms with E-state index in [1.165, 1.54) is 5.56 Å². The Kier molecular flexibility index (Phi) is 4.44. The van der Waals surface area contributed by atoms with Crippen molar-refractivity contribution in [1.29, 1.82) is 0 Å². The van der Waals surface area contributed by atoms with E-state index in [2.05, 4.69) is 22.3 Å². The maximum absolute atomic E-state index is 12.9. The van der Waals surface area contributed by atoms with E-state index in [0.717, 1.165) is 19.4 Å². The Hall–Kier alpha value is -3.08. The second-order valence-electron chi connectivity index (χ2n) is 6.69. The highest BCUT2D eigenvalue weighted by Gasteiger charge is 2.26. The fourth-order valence-electron chi connectivity index (χ4n) is 3.59. The monoisotopic (exact) mass is 347 g/mol. The summed E-state index contributed by atoms with van der Waals surface area (Å²) in [7, 11) is 0. The van der Waals surface area contributed by atoms with Crippen molar-refractivity contribution < 1.29 is 9.90 Å². The topological polar surface area (TPSA) is 69.2 Å². The van der Waals surface area contributed by atoms with E-state index in [9.17, 15) is 9.90 Å². The van der Waals surface area contributed by atoms with Crippen molar-refractivity contribution in [2.24, 2.45) is 0 Å². The summed E-state index contributed by atoms with van der Waals surface area (Å²) in [5, 5.41) is 17.0. The molecule has 1 fully saturated rings. The highest BCUT2D eigenvalue weighted by atomic mass is 16.3. The Morgan fingerprint density at radius 3 is 2.69 bits per heavy atom. The number of aromatic hydroxyl groups is 1. The number of amides is 1. The fraction of sp³-hybridized carbons (Fsp3) is 0.238. The second kappa shape index (κ2) is 7.04. The number of H-pyrrole nitrogens is 1. The third-order valence-electron chi connectivity index (χ3n) is 4.97. The van der Waals surface area contributed by atoms with Gasteiger partial charge in [-0.2, -0.15) is 5.10 Å². The zero-order valence-corrected chi connectivity index (χ0v) is 14.4. The van der Waals surface area contributed by atoms with Crippen LogP contribution >= 0.6 is 0 Å². The molecule has 1 atom stereocenters. The van der Waals surface area contributed by atoms with E-state index >= 15 is 0 Å². The Bertz CT molecular complexity index is 904. The SMILES string of the molecule is O=C(c1cc(-c2ccccc2O)n[nH]1)N1CCCC(c2ccccc2)C1. The molecule has 2 N–H and O–H groups in total. The molecule has 2 heterocycles. The van der Waals surface area contributed by atoms with Gasteiger partial charge in [0.2, 0.25) is 0 Å². The van der Waals surface area contributed by atoms with Crippen LogP contribution < -0.4 is 0 Å². The average Bonchev–Trinajstić information content (AvgIpc) is 3.18. The van der Waals surface area contributed by atoms with Crippen LogP contribution in [0.4, 0.5) is 0 Å². The molecule has 1 saturated heterocycles. The van der Waals surface area contributed by atoms with Crippen LogP contribution in [0.15, 0.2) is 60.7 Å². The van der Waals surface area contributed by atoms with Gasteiger partial charge in [-0.25, -0.2) is 0 Å². The molecule has 2 aromatic carbocycles. The van der Waals surface area contributed by atoms with Crippen molar-refractivity contribution in [2.45, 2.75) is 18.8 Å². The van der Waals surface area contributed by atoms with Crippen molar-refractivity contribution >= 4 is 5.91 Å². The number of carbonyl (C=O) groups excluding carboxylic acids is 1. The third kappa shape index (κ3) is 3.20. The molecule has 132 valence electrons. The number of rotatable bonds is 3. The van der Waals surface area contributed by atoms with Gasteiger partial charge >= 0.3 is 0 Å². The smallest absolute Gasteiger partial charge is 0.271 e. The van der Waals surface area contributed by atoms with Gasteiger partial charge in [0.25, 0.3) is 5.91 Å². The Labute approximate surface area is 152 Å². The van der Waals surface area contributed by atoms with Crippen LogP contribution in [0.25, 0.3) is 11.3 Å². The number of benzene rings is 2. The first-order chi connectivity index (χ1) is 12.7. The maximum atomic E-state index is 12.9. The van der Waals surface area contributed by atoms with Gasteiger partial charge in [-0.3, -0.25) is 9.89 Å². The average molecular weight is 347 g/mol. The Morgan fingerprint density at radius 2 is 1.88 bits per heavy atom. The third-order valence-corrected chi connectivity index (χ3v) is 4.97. The summed E-state index contributed by atoms with van der Waals surface area (Å²) in [6, 6.07) is 19.1. The van der Waals surface area contributed by atoms with Gasteiger partial charge in [0.1, 0.15) is 11.4 Å². The number of hydrogen-bond donors (Lipinski definition) is 2. The standard InChI is InChI=1S/C21H21N3O2/c25-20-11-5-4-10-17(20)18-13-19(23-22-18)21(26)24-12-6-9-16(14-24)15-7-2-1-3-8-15/h1-5,7-8,10-11,13,16,25H,6,9,12,14H2,(H,22,23). The second-order valence-corrected chi connectivity index (χ2v) is 6.69. The quantitative estimate of drug-likeness (QED) is 0.757. The molecule has 0 saturated carbocycles. The number of phenols is 1. The van der Waals surface area contributed by atoms with E-state index < -0.39 is 0 Å². The van der Waals surface area contributed by atoms with Gasteiger partial charge in [-0.15, -0.1) is 0 Å². The first-order valence-electron chi connectivity index (χ1n) is 8.90. The zero-order valence-electron chi connectivity index (χ0n) is 14.4. The summed E-state index contributed by atoms with van der Waals surface area (Å²) in [4.78, 5) is 14.8. The molecule has 0 radical (unpaired) electrons. The van der Waals surface area contributed by atoms with Crippen LogP contribution in [-0.2, 0) is 0 Å². The van der Waals surface area contributed by atoms with Crippen LogP contribution in [0.1, 0.15) is 34.8 Å². The van der Waals surface area contributed by atoms with E-state index in [0.29, 0.717) is 29.4 Å². The molecule has 1 aromatic heterocycles. The van der Waals surface area contributed by atoms with Crippen LogP contribution in [0.5, 0.6) is 5.75 Å². The van der Waals surface area contributed by atoms with Gasteiger partial charge in [-0.1, -0.05) is 42.5 Å². The molecule has 0 aliphatic carbocycles. The Balaban J connectivity index is 1.52. The van der Waals surface area contributed by atoms with Gasteiger partial charge in [0.05, 0.1) is 5.69 Å². The van der Waals surface area contributed by atoms with Crippen LogP contribution in [0.2, 0.25) is 0 Å². The molecular formula is C21H21N3O2. The van der Waals surface area contributed by atoms with E-state index in [1.807, 2.05) is 29.2 Å². The summed E-state index contributed by atoms with van der Waals surface area (Å²) in [5.41, 5.74) is 2.92. The lowest BCUT2D eigenvalue weighted by atomic mass is 9.90. The van der Waals surface area contributed by atoms with Crippen molar-refractivity contribution in [2.75, 3.05) is 13.1 Å². The molecule has 1 aliphatic heterocycles. The summed E-state index contributed by atoms with van der Waals surface area (Å²) in [5.74, 6) is 0.481. The highest BCUT2D eigenvalue weighted by molar-refractivity contribution is 5.93. The lowest BCUT2D eigenvalue weighted by Crippen LogP contribution is -2.39. The molecule has 1 aliphatic rings. The van der Waals surface area contributed by atoms with Gasteiger partial charge in [0.15, 0.2) is 0 Å². The predicted octanol–water partition coefficient (Wildman–Crippen LogP) is 3.80. The van der Waals surface area contributed by atoms with Crippen LogP contribution in [0, 0.1) is 0 Å². The zero-order chi connectivity index (χ0) is 17.9. The fourth-order valence-corrected chi connectivity index (χ4v) is 3.59. The number of para-hydroxylation sites is 1. The number of piperidine rings is 1. The number of carbonyl (C=O) groups is 1. The van der Waals surface area contributed by atoms with Crippen LogP contribution in [-0.4, -0.2) is 39.2 Å². The normalized spacial score (nSPS) is 17.2. The molecule has 1 unspecified atom stereocenters. The molecule has 26 heavy (non-hydrogen) atoms. The first kappa shape index (κ1) is 16.4. The summed E-state index contributed by atoms with van der Waals surface area (Å²) in [6.07, 6.45) is 2.09. The molecule has 3 aromatic rings. The molecule has 5 nitrogen and oxygen atoms in total. The summed E-state index contributed by atoms with van der Waals surface area (Å²) < 4.78 is 0. The minimum atomic E-state index is -0.0418. The summed E-state index contributed by atoms with van der Waals surface area (Å²) in [6.45, 7) is 1.47. The Morgan fingerprint density at radius 1 is 1.12 bits per heavy atom. The lowest BCUT2D eigenvalue weighted by molar-refractivity contribution is 0.0701. The largest absolute Gasteiger partial charge is 0.507 e. The van der Waals surface area contributed by atoms with Crippen molar-refractivity contribution in [1.82, 2.24) is 15.1 Å². The molecule has 0 spiro atoms. The maximum Gasteiger partial charge on any atom is 0.271 e. The molecule has 5 heteroatoms. The number of nitrogens with zero attached hydrogens (tertiary/aromatic N) is 2. The lowest BCUT2D eigenvalue weighted by Gasteiger charge is -2.32. The predicted molar refractivity (Wildman–Crippen MR) is 100 cm³/mol. The van der Waals surface area contributed by atoms with Gasteiger partial charge < -0.3 is 10.0 Å². The van der Waals surface area contributed by atoms with Crippen molar-refractivity contribution in [3.63, 3.8) is 0 Å². The number of hydrogen-bond acceptors (Lipinski definition) is 3. The number of phenolic OH excluding ortho intramolecular Hbond substituents is 1. The molecule has 1 amide bonds. The van der Waals surface area contributed by atoms with E-state index in [4.69, 9.17) is 0 Å². The number of likely N-dealkylation sites (tertiary alicyclic amines) is 1. The van der Waals surface area contributed by atoms with Gasteiger partial charge in [-0.05, 0) is 36.6 Å².